The van der Waals surface area contributed by atoms with Gasteiger partial charge in [-0.25, -0.2) is 0 Å². The van der Waals surface area contributed by atoms with Gasteiger partial charge in [0.15, 0.2) is 0 Å². The third-order valence-corrected chi connectivity index (χ3v) is 4.15. The maximum Gasteiger partial charge on any atom is 0.260 e. The maximum absolute atomic E-state index is 13.3. The number of nitrogens with one attached hydrogen (secondary N) is 1. The Bertz CT molecular complexity index is 956. The molecule has 5 heteroatoms. The van der Waals surface area contributed by atoms with E-state index < -0.39 is 0 Å². The van der Waals surface area contributed by atoms with E-state index in [0.29, 0.717) is 24.2 Å². The number of carbonyl (C=O) groups is 2. The molecule has 0 saturated carbocycles. The fraction of sp³-hybridized carbons (Fsp3) is 0.0870. The summed E-state index contributed by atoms with van der Waals surface area (Å²) in [5.41, 5.74) is 2.47. The summed E-state index contributed by atoms with van der Waals surface area (Å²) in [6.45, 7) is 4.34. The quantitative estimate of drug-likeness (QED) is 0.642. The van der Waals surface area contributed by atoms with Gasteiger partial charge in [0.2, 0.25) is 0 Å². The van der Waals surface area contributed by atoms with Crippen molar-refractivity contribution in [1.29, 1.82) is 0 Å². The van der Waals surface area contributed by atoms with Crippen LogP contribution in [0, 0.1) is 0 Å². The Hall–Kier alpha value is -3.73. The normalized spacial score (nSPS) is 10.1. The molecule has 0 saturated heterocycles. The van der Waals surface area contributed by atoms with Crippen LogP contribution in [0.15, 0.2) is 91.8 Å². The molecule has 3 rings (SSSR count). The van der Waals surface area contributed by atoms with Crippen molar-refractivity contribution in [3.05, 3.63) is 108 Å². The van der Waals surface area contributed by atoms with Crippen molar-refractivity contribution in [2.75, 3.05) is 11.4 Å². The van der Waals surface area contributed by atoms with Gasteiger partial charge in [-0.15, -0.1) is 6.58 Å². The van der Waals surface area contributed by atoms with Crippen LogP contribution in [-0.2, 0) is 6.54 Å². The maximum atomic E-state index is 13.3. The molecule has 2 amide bonds. The Morgan fingerprint density at radius 2 is 1.61 bits per heavy atom. The minimum absolute atomic E-state index is 0.221. The number of carbonyl (C=O) groups excluding carboxylic acids is 2. The van der Waals surface area contributed by atoms with Crippen LogP contribution in [0.1, 0.15) is 26.3 Å². The third-order valence-electron chi connectivity index (χ3n) is 4.15. The van der Waals surface area contributed by atoms with E-state index in [0.717, 1.165) is 11.3 Å². The van der Waals surface area contributed by atoms with Crippen molar-refractivity contribution < 1.29 is 9.59 Å². The van der Waals surface area contributed by atoms with Crippen molar-refractivity contribution in [2.24, 2.45) is 0 Å². The van der Waals surface area contributed by atoms with Crippen LogP contribution >= 0.6 is 0 Å². The molecule has 0 spiro atoms. The summed E-state index contributed by atoms with van der Waals surface area (Å²) < 4.78 is 0. The number of rotatable bonds is 7. The Balaban J connectivity index is 1.91. The number of hydrogen-bond donors (Lipinski definition) is 1. The van der Waals surface area contributed by atoms with Crippen LogP contribution in [0.4, 0.5) is 5.69 Å². The highest BCUT2D eigenvalue weighted by atomic mass is 16.2. The van der Waals surface area contributed by atoms with E-state index in [1.807, 2.05) is 60.7 Å². The number of para-hydroxylation sites is 1. The minimum atomic E-state index is -0.295. The smallest absolute Gasteiger partial charge is 0.260 e. The molecule has 0 atom stereocenters. The Morgan fingerprint density at radius 3 is 2.29 bits per heavy atom. The predicted molar refractivity (Wildman–Crippen MR) is 110 cm³/mol. The molecule has 3 aromatic rings. The van der Waals surface area contributed by atoms with Crippen LogP contribution < -0.4 is 10.2 Å². The van der Waals surface area contributed by atoms with Gasteiger partial charge in [-0.05, 0) is 23.8 Å². The zero-order chi connectivity index (χ0) is 19.8. The van der Waals surface area contributed by atoms with E-state index in [1.54, 1.807) is 17.0 Å². The first-order valence-corrected chi connectivity index (χ1v) is 8.94. The lowest BCUT2D eigenvalue weighted by Gasteiger charge is -2.23. The zero-order valence-electron chi connectivity index (χ0n) is 15.4. The minimum Gasteiger partial charge on any atom is -0.349 e. The highest BCUT2D eigenvalue weighted by Crippen LogP contribution is 2.20. The summed E-state index contributed by atoms with van der Waals surface area (Å²) >= 11 is 0. The first-order chi connectivity index (χ1) is 13.7. The number of hydrogen-bond acceptors (Lipinski definition) is 3. The highest BCUT2D eigenvalue weighted by Gasteiger charge is 2.20. The Kier molecular flexibility index (Phi) is 6.31. The van der Waals surface area contributed by atoms with Gasteiger partial charge in [0.1, 0.15) is 0 Å². The molecule has 0 aliphatic heterocycles. The second-order valence-electron chi connectivity index (χ2n) is 6.17. The van der Waals surface area contributed by atoms with E-state index >= 15 is 0 Å². The predicted octanol–water partition coefficient (Wildman–Crippen LogP) is 3.84. The largest absolute Gasteiger partial charge is 0.349 e. The Morgan fingerprint density at radius 1 is 0.964 bits per heavy atom. The van der Waals surface area contributed by atoms with Gasteiger partial charge >= 0.3 is 0 Å². The summed E-state index contributed by atoms with van der Waals surface area (Å²) in [5.74, 6) is -0.516. The molecule has 2 aromatic carbocycles. The summed E-state index contributed by atoms with van der Waals surface area (Å²) in [4.78, 5) is 31.2. The van der Waals surface area contributed by atoms with Crippen molar-refractivity contribution in [3.63, 3.8) is 0 Å². The number of amides is 2. The molecule has 0 unspecified atom stereocenters. The van der Waals surface area contributed by atoms with Crippen LogP contribution in [0.3, 0.4) is 0 Å². The van der Waals surface area contributed by atoms with Crippen molar-refractivity contribution in [3.8, 4) is 0 Å². The first-order valence-electron chi connectivity index (χ1n) is 8.94. The first kappa shape index (κ1) is 19.0. The number of nitrogens with zero attached hydrogens (tertiary/aromatic N) is 2. The molecule has 0 fully saturated rings. The van der Waals surface area contributed by atoms with E-state index in [2.05, 4.69) is 16.9 Å². The van der Waals surface area contributed by atoms with Gasteiger partial charge in [0.05, 0.1) is 17.7 Å². The van der Waals surface area contributed by atoms with E-state index in [9.17, 15) is 9.59 Å². The average molecular weight is 371 g/mol. The molecule has 1 aromatic heterocycles. The van der Waals surface area contributed by atoms with Crippen molar-refractivity contribution in [1.82, 2.24) is 10.3 Å². The molecule has 28 heavy (non-hydrogen) atoms. The molecule has 1 heterocycles. The van der Waals surface area contributed by atoms with E-state index in [4.69, 9.17) is 0 Å². The molecule has 0 bridgehead atoms. The van der Waals surface area contributed by atoms with Gasteiger partial charge in [-0.2, -0.15) is 0 Å². The van der Waals surface area contributed by atoms with Crippen LogP contribution in [0.25, 0.3) is 0 Å². The van der Waals surface area contributed by atoms with Gasteiger partial charge in [-0.3, -0.25) is 14.6 Å². The number of benzene rings is 2. The molecular weight excluding hydrogens is 350 g/mol. The van der Waals surface area contributed by atoms with Crippen LogP contribution in [0.5, 0.6) is 0 Å². The molecule has 1 N–H and O–H groups in total. The summed E-state index contributed by atoms with van der Waals surface area (Å²) in [5, 5.41) is 2.69. The molecule has 0 aliphatic carbocycles. The molecule has 0 radical (unpaired) electrons. The van der Waals surface area contributed by atoms with Crippen molar-refractivity contribution in [2.45, 2.75) is 6.54 Å². The molecule has 140 valence electrons. The van der Waals surface area contributed by atoms with E-state index in [-0.39, 0.29) is 11.8 Å². The van der Waals surface area contributed by atoms with Gasteiger partial charge < -0.3 is 10.2 Å². The SMILES string of the molecule is C=CCNC(=O)c1cncc(C(=O)N(Cc2ccccc2)c2ccccc2)c1. The van der Waals surface area contributed by atoms with Crippen LogP contribution in [0.2, 0.25) is 0 Å². The zero-order valence-corrected chi connectivity index (χ0v) is 15.4. The fourth-order valence-corrected chi connectivity index (χ4v) is 2.76. The molecule has 0 aliphatic rings. The average Bonchev–Trinajstić information content (AvgIpc) is 2.76. The van der Waals surface area contributed by atoms with Crippen LogP contribution in [-0.4, -0.2) is 23.3 Å². The summed E-state index contributed by atoms with van der Waals surface area (Å²) in [6, 6.07) is 20.8. The summed E-state index contributed by atoms with van der Waals surface area (Å²) in [6.07, 6.45) is 4.52. The standard InChI is InChI=1S/C23H21N3O2/c1-2-13-25-22(27)19-14-20(16-24-15-19)23(28)26(21-11-7-4-8-12-21)17-18-9-5-3-6-10-18/h2-12,14-16H,1,13,17H2,(H,25,27). The topological polar surface area (TPSA) is 62.3 Å². The lowest BCUT2D eigenvalue weighted by Crippen LogP contribution is -2.31. The van der Waals surface area contributed by atoms with E-state index in [1.165, 1.54) is 12.4 Å². The second-order valence-corrected chi connectivity index (χ2v) is 6.17. The van der Waals surface area contributed by atoms with Crippen molar-refractivity contribution >= 4 is 17.5 Å². The second kappa shape index (κ2) is 9.28. The number of anilines is 1. The van der Waals surface area contributed by atoms with Gasteiger partial charge in [-0.1, -0.05) is 54.6 Å². The monoisotopic (exact) mass is 371 g/mol. The number of aromatic nitrogens is 1. The van der Waals surface area contributed by atoms with Gasteiger partial charge in [0.25, 0.3) is 11.8 Å². The third kappa shape index (κ3) is 4.71. The highest BCUT2D eigenvalue weighted by molar-refractivity contribution is 6.07. The fourth-order valence-electron chi connectivity index (χ4n) is 2.76. The molecular formula is C23H21N3O2. The number of pyridine rings is 1. The molecule has 5 nitrogen and oxygen atoms in total. The van der Waals surface area contributed by atoms with Gasteiger partial charge in [0, 0.05) is 24.6 Å². The Labute approximate surface area is 164 Å². The lowest BCUT2D eigenvalue weighted by molar-refractivity contribution is 0.0957. The lowest BCUT2D eigenvalue weighted by atomic mass is 10.1. The summed E-state index contributed by atoms with van der Waals surface area (Å²) in [7, 11) is 0.